The van der Waals surface area contributed by atoms with E-state index < -0.39 is 0 Å². The summed E-state index contributed by atoms with van der Waals surface area (Å²) in [6.45, 7) is 0.693. The third kappa shape index (κ3) is 5.29. The van der Waals surface area contributed by atoms with Crippen molar-refractivity contribution in [1.82, 2.24) is 0 Å². The van der Waals surface area contributed by atoms with Crippen LogP contribution in [-0.2, 0) is 9.59 Å². The lowest BCUT2D eigenvalue weighted by Crippen LogP contribution is -2.33. The lowest BCUT2D eigenvalue weighted by molar-refractivity contribution is -0.116. The van der Waals surface area contributed by atoms with E-state index in [0.717, 1.165) is 5.69 Å². The number of nitrogens with zero attached hydrogens (tertiary/aromatic N) is 3. The van der Waals surface area contributed by atoms with Crippen LogP contribution in [0.4, 0.5) is 11.4 Å². The summed E-state index contributed by atoms with van der Waals surface area (Å²) in [7, 11) is 0. The predicted molar refractivity (Wildman–Crippen MR) is 98.6 cm³/mol. The molecule has 0 bridgehead atoms. The zero-order valence-electron chi connectivity index (χ0n) is 14.5. The van der Waals surface area contributed by atoms with Crippen LogP contribution in [0.2, 0.25) is 0 Å². The van der Waals surface area contributed by atoms with Crippen molar-refractivity contribution in [3.63, 3.8) is 0 Å². The van der Waals surface area contributed by atoms with Crippen molar-refractivity contribution in [3.8, 4) is 0 Å². The number of Topliss-reactive ketones (excluding diaryl/α,β-unsaturated/α-hetero) is 2. The minimum atomic E-state index is -0.245. The van der Waals surface area contributed by atoms with Crippen LogP contribution < -0.4 is 4.90 Å². The molecule has 1 aliphatic rings. The molecule has 0 amide bonds. The van der Waals surface area contributed by atoms with Crippen molar-refractivity contribution in [2.24, 2.45) is 9.98 Å². The molecule has 8 heteroatoms. The molecule has 1 saturated carbocycles. The van der Waals surface area contributed by atoms with E-state index in [4.69, 9.17) is 15.3 Å². The fraction of sp³-hybridized carbons (Fsp3) is 0.444. The maximum atomic E-state index is 12.2. The van der Waals surface area contributed by atoms with E-state index in [1.165, 1.54) is 0 Å². The van der Waals surface area contributed by atoms with Crippen LogP contribution in [0.3, 0.4) is 0 Å². The standard InChI is InChI=1S/C18H23N3O5/c22-8-5-19-15-11-18(26)16(12-17(15)25)20-13-1-3-14(4-2-13)21(6-9-23)7-10-24/h1-4,22-24H,5-12H2. The van der Waals surface area contributed by atoms with Crippen LogP contribution in [0, 0.1) is 0 Å². The van der Waals surface area contributed by atoms with E-state index in [0.29, 0.717) is 18.8 Å². The van der Waals surface area contributed by atoms with E-state index >= 15 is 0 Å². The number of aliphatic imine (C=N–C) groups is 2. The number of rotatable bonds is 8. The number of carbonyl (C=O) groups excluding carboxylic acids is 2. The molecule has 3 N–H and O–H groups in total. The molecule has 1 aromatic rings. The van der Waals surface area contributed by atoms with Gasteiger partial charge in [-0.15, -0.1) is 0 Å². The summed E-state index contributed by atoms with van der Waals surface area (Å²) in [5.74, 6) is -0.488. The molecular formula is C18H23N3O5. The van der Waals surface area contributed by atoms with Gasteiger partial charge in [-0.2, -0.15) is 0 Å². The highest BCUT2D eigenvalue weighted by Gasteiger charge is 2.28. The Kier molecular flexibility index (Phi) is 7.58. The van der Waals surface area contributed by atoms with Crippen LogP contribution in [0.15, 0.2) is 34.3 Å². The largest absolute Gasteiger partial charge is 0.395 e. The van der Waals surface area contributed by atoms with Crippen molar-refractivity contribution < 1.29 is 24.9 Å². The van der Waals surface area contributed by atoms with Gasteiger partial charge in [-0.25, -0.2) is 4.99 Å². The lowest BCUT2D eigenvalue weighted by atomic mass is 9.93. The van der Waals surface area contributed by atoms with E-state index in [-0.39, 0.29) is 62.2 Å². The molecule has 8 nitrogen and oxygen atoms in total. The quantitative estimate of drug-likeness (QED) is 0.595. The van der Waals surface area contributed by atoms with Crippen LogP contribution in [0.5, 0.6) is 0 Å². The maximum Gasteiger partial charge on any atom is 0.183 e. The second-order valence-corrected chi connectivity index (χ2v) is 5.76. The Morgan fingerprint density at radius 3 is 2.00 bits per heavy atom. The lowest BCUT2D eigenvalue weighted by Gasteiger charge is -2.22. The SMILES string of the molecule is O=C1CC(=Nc2ccc(N(CCO)CCO)cc2)C(=O)CC1=NCCO. The van der Waals surface area contributed by atoms with Crippen LogP contribution in [0.1, 0.15) is 12.8 Å². The molecule has 0 atom stereocenters. The molecule has 0 unspecified atom stereocenters. The van der Waals surface area contributed by atoms with Crippen molar-refractivity contribution in [2.45, 2.75) is 12.8 Å². The number of benzene rings is 1. The Bertz CT molecular complexity index is 691. The third-order valence-electron chi connectivity index (χ3n) is 3.92. The van der Waals surface area contributed by atoms with Gasteiger partial charge in [-0.1, -0.05) is 0 Å². The minimum Gasteiger partial charge on any atom is -0.395 e. The first kappa shape index (κ1) is 19.9. The fourth-order valence-corrected chi connectivity index (χ4v) is 2.64. The number of aliphatic hydroxyl groups excluding tert-OH is 3. The highest BCUT2D eigenvalue weighted by molar-refractivity contribution is 6.60. The summed E-state index contributed by atoms with van der Waals surface area (Å²) in [6.07, 6.45) is -0.178. The number of hydrogen-bond donors (Lipinski definition) is 3. The Hall–Kier alpha value is -2.42. The summed E-state index contributed by atoms with van der Waals surface area (Å²) >= 11 is 0. The number of hydrogen-bond acceptors (Lipinski definition) is 8. The van der Waals surface area contributed by atoms with Crippen molar-refractivity contribution >= 4 is 34.4 Å². The number of anilines is 1. The molecule has 0 spiro atoms. The van der Waals surface area contributed by atoms with Crippen LogP contribution in [-0.4, -0.2) is 77.8 Å². The van der Waals surface area contributed by atoms with E-state index in [9.17, 15) is 9.59 Å². The maximum absolute atomic E-state index is 12.2. The minimum absolute atomic E-state index is 0.0270. The van der Waals surface area contributed by atoms with Gasteiger partial charge < -0.3 is 20.2 Å². The second kappa shape index (κ2) is 9.91. The predicted octanol–water partition coefficient (Wildman–Crippen LogP) is -0.0846. The van der Waals surface area contributed by atoms with Gasteiger partial charge in [-0.05, 0) is 24.3 Å². The summed E-state index contributed by atoms with van der Waals surface area (Å²) < 4.78 is 0. The Balaban J connectivity index is 2.12. The van der Waals surface area contributed by atoms with Gasteiger partial charge in [0.25, 0.3) is 0 Å². The molecule has 0 aliphatic heterocycles. The smallest absolute Gasteiger partial charge is 0.183 e. The number of carbonyl (C=O) groups is 2. The zero-order chi connectivity index (χ0) is 18.9. The second-order valence-electron chi connectivity index (χ2n) is 5.76. The highest BCUT2D eigenvalue weighted by Crippen LogP contribution is 2.21. The van der Waals surface area contributed by atoms with E-state index in [2.05, 4.69) is 9.98 Å². The van der Waals surface area contributed by atoms with Gasteiger partial charge >= 0.3 is 0 Å². The highest BCUT2D eigenvalue weighted by atomic mass is 16.3. The summed E-state index contributed by atoms with van der Waals surface area (Å²) in [4.78, 5) is 34.3. The topological polar surface area (TPSA) is 123 Å². The van der Waals surface area contributed by atoms with E-state index in [1.807, 2.05) is 4.90 Å². The normalized spacial score (nSPS) is 18.0. The van der Waals surface area contributed by atoms with Crippen molar-refractivity contribution in [2.75, 3.05) is 44.4 Å². The summed E-state index contributed by atoms with van der Waals surface area (Å²) in [5, 5.41) is 26.9. The molecular weight excluding hydrogens is 338 g/mol. The van der Waals surface area contributed by atoms with Gasteiger partial charge in [0.05, 0.1) is 56.3 Å². The Labute approximate surface area is 151 Å². The fourth-order valence-electron chi connectivity index (χ4n) is 2.64. The van der Waals surface area contributed by atoms with Gasteiger partial charge in [-0.3, -0.25) is 14.6 Å². The molecule has 0 aromatic heterocycles. The molecule has 1 aliphatic carbocycles. The molecule has 0 radical (unpaired) electrons. The van der Waals surface area contributed by atoms with E-state index in [1.54, 1.807) is 24.3 Å². The zero-order valence-corrected chi connectivity index (χ0v) is 14.5. The monoisotopic (exact) mass is 361 g/mol. The van der Waals surface area contributed by atoms with Crippen molar-refractivity contribution in [3.05, 3.63) is 24.3 Å². The molecule has 0 saturated heterocycles. The molecule has 1 aromatic carbocycles. The first-order chi connectivity index (χ1) is 12.6. The average Bonchev–Trinajstić information content (AvgIpc) is 2.64. The van der Waals surface area contributed by atoms with Crippen molar-refractivity contribution in [1.29, 1.82) is 0 Å². The number of aliphatic hydroxyl groups is 3. The van der Waals surface area contributed by atoms with Crippen LogP contribution in [0.25, 0.3) is 0 Å². The van der Waals surface area contributed by atoms with Gasteiger partial charge in [0.2, 0.25) is 0 Å². The number of ketones is 2. The van der Waals surface area contributed by atoms with Gasteiger partial charge in [0.15, 0.2) is 11.6 Å². The molecule has 26 heavy (non-hydrogen) atoms. The summed E-state index contributed by atoms with van der Waals surface area (Å²) in [5.41, 5.74) is 1.77. The first-order valence-electron chi connectivity index (χ1n) is 8.44. The molecule has 2 rings (SSSR count). The third-order valence-corrected chi connectivity index (χ3v) is 3.92. The summed E-state index contributed by atoms with van der Waals surface area (Å²) in [6, 6.07) is 7.01. The van der Waals surface area contributed by atoms with Gasteiger partial charge in [0, 0.05) is 18.8 Å². The average molecular weight is 361 g/mol. The van der Waals surface area contributed by atoms with Gasteiger partial charge in [0.1, 0.15) is 0 Å². The molecule has 1 fully saturated rings. The van der Waals surface area contributed by atoms with Crippen LogP contribution >= 0.6 is 0 Å². The molecule has 0 heterocycles. The molecule has 140 valence electrons. The first-order valence-corrected chi connectivity index (χ1v) is 8.44. The Morgan fingerprint density at radius 1 is 0.846 bits per heavy atom. The Morgan fingerprint density at radius 2 is 1.42 bits per heavy atom.